The highest BCUT2D eigenvalue weighted by Crippen LogP contribution is 2.48. The summed E-state index contributed by atoms with van der Waals surface area (Å²) in [5.41, 5.74) is 1.44. The smallest absolute Gasteiger partial charge is 0.309 e. The normalized spacial score (nSPS) is 20.3. The van der Waals surface area contributed by atoms with Crippen LogP contribution in [0.15, 0.2) is 24.3 Å². The van der Waals surface area contributed by atoms with Crippen molar-refractivity contribution in [1.82, 2.24) is 0 Å². The standard InChI is InChI=1S/C22H28O5/c1-6-26-20(24)14(3)22(15(4)21(25)27-7-2)12-8-9-17-10-11-18(16(5)23)13-19(17)22/h8-11,13-15H,6-7,12H2,1-5H3. The molecule has 146 valence electrons. The molecular formula is C22H28O5. The highest BCUT2D eigenvalue weighted by Gasteiger charge is 2.51. The summed E-state index contributed by atoms with van der Waals surface area (Å²) in [4.78, 5) is 37.3. The lowest BCUT2D eigenvalue weighted by Gasteiger charge is -2.44. The monoisotopic (exact) mass is 372 g/mol. The summed E-state index contributed by atoms with van der Waals surface area (Å²) in [7, 11) is 0. The van der Waals surface area contributed by atoms with E-state index in [1.54, 1.807) is 33.8 Å². The summed E-state index contributed by atoms with van der Waals surface area (Å²) in [6.07, 6.45) is 4.43. The third kappa shape index (κ3) is 3.82. The minimum Gasteiger partial charge on any atom is -0.466 e. The SMILES string of the molecule is CCOC(=O)C(C)C1(C(C)C(=O)OCC)CC=Cc2ccc(C(C)=O)cc21. The van der Waals surface area contributed by atoms with Crippen LogP contribution in [0.2, 0.25) is 0 Å². The zero-order valence-corrected chi connectivity index (χ0v) is 16.7. The molecule has 2 atom stereocenters. The molecule has 0 amide bonds. The zero-order valence-electron chi connectivity index (χ0n) is 16.7. The van der Waals surface area contributed by atoms with Crippen LogP contribution in [0.3, 0.4) is 0 Å². The maximum atomic E-state index is 12.7. The summed E-state index contributed by atoms with van der Waals surface area (Å²) in [5.74, 6) is -1.94. The van der Waals surface area contributed by atoms with Crippen LogP contribution in [-0.4, -0.2) is 30.9 Å². The molecule has 0 aliphatic heterocycles. The molecule has 1 aliphatic rings. The van der Waals surface area contributed by atoms with Gasteiger partial charge in [0.2, 0.25) is 0 Å². The van der Waals surface area contributed by atoms with E-state index in [4.69, 9.17) is 9.47 Å². The van der Waals surface area contributed by atoms with E-state index >= 15 is 0 Å². The summed E-state index contributed by atoms with van der Waals surface area (Å²) < 4.78 is 10.6. The lowest BCUT2D eigenvalue weighted by Crippen LogP contribution is -2.48. The molecule has 5 heteroatoms. The lowest BCUT2D eigenvalue weighted by atomic mass is 9.58. The number of carbonyl (C=O) groups excluding carboxylic acids is 3. The fourth-order valence-electron chi connectivity index (χ4n) is 3.96. The van der Waals surface area contributed by atoms with Gasteiger partial charge in [0.05, 0.1) is 25.0 Å². The maximum absolute atomic E-state index is 12.7. The van der Waals surface area contributed by atoms with Gasteiger partial charge in [-0.05, 0) is 44.4 Å². The average molecular weight is 372 g/mol. The first-order chi connectivity index (χ1) is 12.8. The third-order valence-corrected chi connectivity index (χ3v) is 5.54. The van der Waals surface area contributed by atoms with Crippen molar-refractivity contribution in [2.75, 3.05) is 13.2 Å². The third-order valence-electron chi connectivity index (χ3n) is 5.54. The Morgan fingerprint density at radius 2 is 1.59 bits per heavy atom. The van der Waals surface area contributed by atoms with E-state index in [0.29, 0.717) is 12.0 Å². The van der Waals surface area contributed by atoms with Gasteiger partial charge in [0.1, 0.15) is 0 Å². The minimum absolute atomic E-state index is 0.0613. The van der Waals surface area contributed by atoms with Gasteiger partial charge in [-0.3, -0.25) is 14.4 Å². The number of hydrogen-bond acceptors (Lipinski definition) is 5. The van der Waals surface area contributed by atoms with Gasteiger partial charge in [-0.1, -0.05) is 38.1 Å². The van der Waals surface area contributed by atoms with Crippen LogP contribution in [-0.2, 0) is 24.5 Å². The second kappa shape index (κ2) is 8.51. The quantitative estimate of drug-likeness (QED) is 0.535. The predicted molar refractivity (Wildman–Crippen MR) is 103 cm³/mol. The van der Waals surface area contributed by atoms with Gasteiger partial charge in [-0.2, -0.15) is 0 Å². The Morgan fingerprint density at radius 3 is 2.07 bits per heavy atom. The molecule has 0 spiro atoms. The number of fused-ring (bicyclic) bond motifs is 1. The molecule has 0 heterocycles. The molecule has 0 saturated carbocycles. The molecule has 0 N–H and O–H groups in total. The van der Waals surface area contributed by atoms with Gasteiger partial charge in [0.25, 0.3) is 0 Å². The van der Waals surface area contributed by atoms with Crippen molar-refractivity contribution in [3.63, 3.8) is 0 Å². The number of benzene rings is 1. The molecule has 0 fully saturated rings. The molecule has 2 rings (SSSR count). The highest BCUT2D eigenvalue weighted by atomic mass is 16.5. The molecule has 0 radical (unpaired) electrons. The minimum atomic E-state index is -0.839. The van der Waals surface area contributed by atoms with E-state index in [-0.39, 0.29) is 30.9 Å². The first kappa shape index (κ1) is 20.9. The van der Waals surface area contributed by atoms with Crippen molar-refractivity contribution in [3.05, 3.63) is 41.0 Å². The Bertz CT molecular complexity index is 738. The second-order valence-corrected chi connectivity index (χ2v) is 6.95. The Morgan fingerprint density at radius 1 is 1.04 bits per heavy atom. The number of rotatable bonds is 7. The van der Waals surface area contributed by atoms with Crippen molar-refractivity contribution in [1.29, 1.82) is 0 Å². The highest BCUT2D eigenvalue weighted by molar-refractivity contribution is 5.95. The molecule has 2 unspecified atom stereocenters. The number of carbonyl (C=O) groups is 3. The first-order valence-corrected chi connectivity index (χ1v) is 9.44. The topological polar surface area (TPSA) is 69.7 Å². The van der Waals surface area contributed by atoms with Gasteiger partial charge in [0.15, 0.2) is 5.78 Å². The van der Waals surface area contributed by atoms with Crippen molar-refractivity contribution in [2.24, 2.45) is 11.8 Å². The molecule has 0 bridgehead atoms. The zero-order chi connectivity index (χ0) is 20.2. The van der Waals surface area contributed by atoms with Crippen LogP contribution in [0.4, 0.5) is 0 Å². The number of ether oxygens (including phenoxy) is 2. The Hall–Kier alpha value is -2.43. The Kier molecular flexibility index (Phi) is 6.58. The molecule has 27 heavy (non-hydrogen) atoms. The fraction of sp³-hybridized carbons (Fsp3) is 0.500. The van der Waals surface area contributed by atoms with E-state index in [1.807, 2.05) is 24.3 Å². The number of hydrogen-bond donors (Lipinski definition) is 0. The predicted octanol–water partition coefficient (Wildman–Crippen LogP) is 3.94. The second-order valence-electron chi connectivity index (χ2n) is 6.95. The lowest BCUT2D eigenvalue weighted by molar-refractivity contribution is -0.156. The molecule has 0 aromatic heterocycles. The Labute approximate surface area is 160 Å². The number of allylic oxidation sites excluding steroid dienone is 1. The summed E-state index contributed by atoms with van der Waals surface area (Å²) in [6, 6.07) is 5.45. The molecule has 0 saturated heterocycles. The van der Waals surface area contributed by atoms with Gasteiger partial charge in [0, 0.05) is 11.0 Å². The van der Waals surface area contributed by atoms with Crippen LogP contribution < -0.4 is 0 Å². The summed E-state index contributed by atoms with van der Waals surface area (Å²) in [6.45, 7) is 9.13. The van der Waals surface area contributed by atoms with Gasteiger partial charge in [-0.15, -0.1) is 0 Å². The number of esters is 2. The molecule has 5 nitrogen and oxygen atoms in total. The first-order valence-electron chi connectivity index (χ1n) is 9.44. The van der Waals surface area contributed by atoms with Crippen molar-refractivity contribution < 1.29 is 23.9 Å². The Balaban J connectivity index is 2.69. The average Bonchev–Trinajstić information content (AvgIpc) is 2.66. The molecule has 1 aromatic rings. The molecule has 1 aromatic carbocycles. The van der Waals surface area contributed by atoms with Crippen LogP contribution in [0, 0.1) is 11.8 Å². The van der Waals surface area contributed by atoms with Crippen LogP contribution in [0.1, 0.15) is 62.5 Å². The number of Topliss-reactive ketones (excluding diaryl/α,β-unsaturated/α-hetero) is 1. The summed E-state index contributed by atoms with van der Waals surface area (Å²) >= 11 is 0. The van der Waals surface area contributed by atoms with Crippen LogP contribution in [0.25, 0.3) is 6.08 Å². The van der Waals surface area contributed by atoms with Gasteiger partial charge < -0.3 is 9.47 Å². The van der Waals surface area contributed by atoms with Crippen molar-refractivity contribution >= 4 is 23.8 Å². The summed E-state index contributed by atoms with van der Waals surface area (Å²) in [5, 5.41) is 0. The van der Waals surface area contributed by atoms with E-state index in [9.17, 15) is 14.4 Å². The van der Waals surface area contributed by atoms with Gasteiger partial charge in [-0.25, -0.2) is 0 Å². The molecule has 1 aliphatic carbocycles. The van der Waals surface area contributed by atoms with Crippen molar-refractivity contribution in [2.45, 2.75) is 46.5 Å². The van der Waals surface area contributed by atoms with E-state index in [0.717, 1.165) is 11.1 Å². The van der Waals surface area contributed by atoms with E-state index < -0.39 is 17.3 Å². The van der Waals surface area contributed by atoms with E-state index in [1.165, 1.54) is 6.92 Å². The van der Waals surface area contributed by atoms with Crippen LogP contribution in [0.5, 0.6) is 0 Å². The van der Waals surface area contributed by atoms with Gasteiger partial charge >= 0.3 is 11.9 Å². The fourth-order valence-corrected chi connectivity index (χ4v) is 3.96. The largest absolute Gasteiger partial charge is 0.466 e. The number of ketones is 1. The maximum Gasteiger partial charge on any atom is 0.309 e. The van der Waals surface area contributed by atoms with E-state index in [2.05, 4.69) is 0 Å². The molecular weight excluding hydrogens is 344 g/mol. The van der Waals surface area contributed by atoms with Crippen LogP contribution >= 0.6 is 0 Å². The van der Waals surface area contributed by atoms with Crippen molar-refractivity contribution in [3.8, 4) is 0 Å².